The zero-order chi connectivity index (χ0) is 15.9. The predicted molar refractivity (Wildman–Crippen MR) is 82.7 cm³/mol. The number of amidine groups is 1. The Bertz CT molecular complexity index is 487. The van der Waals surface area contributed by atoms with Crippen molar-refractivity contribution < 1.29 is 15.1 Å². The molecule has 0 bridgehead atoms. The third kappa shape index (κ3) is 5.24. The molecule has 0 aliphatic rings. The minimum absolute atomic E-state index is 0.0225. The number of ether oxygens (including phenoxy) is 1. The number of rotatable bonds is 8. The lowest BCUT2D eigenvalue weighted by atomic mass is 9.90. The van der Waals surface area contributed by atoms with Crippen LogP contribution < -0.4 is 15.8 Å². The van der Waals surface area contributed by atoms with Gasteiger partial charge >= 0.3 is 0 Å². The topological polar surface area (TPSA) is 100 Å². The zero-order valence-electron chi connectivity index (χ0n) is 12.9. The van der Waals surface area contributed by atoms with Crippen molar-refractivity contribution in [3.63, 3.8) is 0 Å². The molecule has 0 heterocycles. The van der Waals surface area contributed by atoms with Crippen molar-refractivity contribution in [2.24, 2.45) is 16.3 Å². The number of aliphatic hydroxyl groups excluding tert-OH is 1. The van der Waals surface area contributed by atoms with Crippen LogP contribution in [0, 0.1) is 5.41 Å². The summed E-state index contributed by atoms with van der Waals surface area (Å²) in [5, 5.41) is 24.2. The number of aliphatic hydroxyl groups is 1. The molecule has 6 heteroatoms. The van der Waals surface area contributed by atoms with E-state index in [0.29, 0.717) is 17.9 Å². The maximum Gasteiger partial charge on any atom is 0.173 e. The van der Waals surface area contributed by atoms with Crippen molar-refractivity contribution in [2.75, 3.05) is 20.3 Å². The van der Waals surface area contributed by atoms with Gasteiger partial charge in [0, 0.05) is 19.7 Å². The molecule has 0 aliphatic heterocycles. The Morgan fingerprint density at radius 2 is 2.14 bits per heavy atom. The lowest BCUT2D eigenvalue weighted by Gasteiger charge is -2.24. The Kier molecular flexibility index (Phi) is 6.45. The minimum Gasteiger partial charge on any atom is -0.496 e. The monoisotopic (exact) mass is 295 g/mol. The summed E-state index contributed by atoms with van der Waals surface area (Å²) in [4.78, 5) is 0. The standard InChI is InChI=1S/C15H25N3O3/c1-15(2,6-7-19)10-17-9-11-4-5-13(21-3)12(8-11)14(16)18-20/h4-5,8,17,19-20H,6-7,9-10H2,1-3H3,(H2,16,18). The molecule has 21 heavy (non-hydrogen) atoms. The van der Waals surface area contributed by atoms with Crippen LogP contribution in [0.4, 0.5) is 0 Å². The van der Waals surface area contributed by atoms with Gasteiger partial charge in [0.15, 0.2) is 5.84 Å². The zero-order valence-corrected chi connectivity index (χ0v) is 12.9. The normalized spacial score (nSPS) is 12.5. The van der Waals surface area contributed by atoms with Gasteiger partial charge in [-0.1, -0.05) is 25.1 Å². The maximum absolute atomic E-state index is 9.01. The van der Waals surface area contributed by atoms with Gasteiger partial charge in [-0.05, 0) is 29.5 Å². The van der Waals surface area contributed by atoms with Crippen LogP contribution in [-0.4, -0.2) is 36.4 Å². The largest absolute Gasteiger partial charge is 0.496 e. The Morgan fingerprint density at radius 3 is 2.71 bits per heavy atom. The number of benzene rings is 1. The number of nitrogens with zero attached hydrogens (tertiary/aromatic N) is 1. The molecule has 0 aliphatic carbocycles. The van der Waals surface area contributed by atoms with E-state index in [-0.39, 0.29) is 17.9 Å². The van der Waals surface area contributed by atoms with Crippen LogP contribution in [0.15, 0.2) is 23.4 Å². The van der Waals surface area contributed by atoms with Crippen LogP contribution in [0.1, 0.15) is 31.4 Å². The van der Waals surface area contributed by atoms with Gasteiger partial charge in [0.2, 0.25) is 0 Å². The first-order chi connectivity index (χ1) is 9.93. The number of oxime groups is 1. The van der Waals surface area contributed by atoms with Crippen molar-refractivity contribution in [2.45, 2.75) is 26.8 Å². The summed E-state index contributed by atoms with van der Waals surface area (Å²) in [5.41, 5.74) is 7.26. The Morgan fingerprint density at radius 1 is 1.43 bits per heavy atom. The molecule has 0 fully saturated rings. The lowest BCUT2D eigenvalue weighted by Crippen LogP contribution is -2.30. The summed E-state index contributed by atoms with van der Waals surface area (Å²) in [5.74, 6) is 0.587. The van der Waals surface area contributed by atoms with Crippen molar-refractivity contribution in [1.29, 1.82) is 0 Å². The van der Waals surface area contributed by atoms with Crippen molar-refractivity contribution >= 4 is 5.84 Å². The average Bonchev–Trinajstić information content (AvgIpc) is 2.46. The van der Waals surface area contributed by atoms with E-state index >= 15 is 0 Å². The number of hydrogen-bond acceptors (Lipinski definition) is 5. The first-order valence-electron chi connectivity index (χ1n) is 6.90. The fourth-order valence-electron chi connectivity index (χ4n) is 2.06. The molecule has 1 aromatic carbocycles. The predicted octanol–water partition coefficient (Wildman–Crippen LogP) is 1.29. The van der Waals surface area contributed by atoms with Crippen molar-refractivity contribution in [3.8, 4) is 5.75 Å². The second-order valence-corrected chi connectivity index (χ2v) is 5.76. The summed E-state index contributed by atoms with van der Waals surface area (Å²) >= 11 is 0. The SMILES string of the molecule is COc1ccc(CNCC(C)(C)CCO)cc1/C(N)=N/O. The van der Waals surface area contributed by atoms with Crippen LogP contribution in [0.25, 0.3) is 0 Å². The Balaban J connectivity index is 2.73. The highest BCUT2D eigenvalue weighted by Crippen LogP contribution is 2.21. The number of nitrogens with two attached hydrogens (primary N) is 1. The Hall–Kier alpha value is -1.79. The third-order valence-electron chi connectivity index (χ3n) is 3.37. The molecule has 5 N–H and O–H groups in total. The van der Waals surface area contributed by atoms with E-state index in [1.807, 2.05) is 12.1 Å². The van der Waals surface area contributed by atoms with Gasteiger partial charge in [0.05, 0.1) is 12.7 Å². The van der Waals surface area contributed by atoms with Crippen molar-refractivity contribution in [1.82, 2.24) is 5.32 Å². The first kappa shape index (κ1) is 17.3. The highest BCUT2D eigenvalue weighted by molar-refractivity contribution is 5.99. The molecule has 118 valence electrons. The maximum atomic E-state index is 9.01. The van der Waals surface area contributed by atoms with E-state index in [0.717, 1.165) is 18.5 Å². The van der Waals surface area contributed by atoms with Crippen LogP contribution in [-0.2, 0) is 6.54 Å². The smallest absolute Gasteiger partial charge is 0.173 e. The summed E-state index contributed by atoms with van der Waals surface area (Å²) < 4.78 is 5.19. The first-order valence-corrected chi connectivity index (χ1v) is 6.90. The molecule has 0 amide bonds. The minimum atomic E-state index is 0.0225. The van der Waals surface area contributed by atoms with Crippen LogP contribution in [0.2, 0.25) is 0 Å². The molecular formula is C15H25N3O3. The molecule has 0 aromatic heterocycles. The Labute approximate surface area is 125 Å². The quantitative estimate of drug-likeness (QED) is 0.251. The second-order valence-electron chi connectivity index (χ2n) is 5.76. The van der Waals surface area contributed by atoms with Gasteiger partial charge in [0.1, 0.15) is 5.75 Å². The van der Waals surface area contributed by atoms with Crippen LogP contribution in [0.3, 0.4) is 0 Å². The summed E-state index contributed by atoms with van der Waals surface area (Å²) in [6.07, 6.45) is 0.748. The van der Waals surface area contributed by atoms with Gasteiger partial charge in [0.25, 0.3) is 0 Å². The average molecular weight is 295 g/mol. The van der Waals surface area contributed by atoms with Gasteiger partial charge < -0.3 is 26.1 Å². The fourth-order valence-corrected chi connectivity index (χ4v) is 2.06. The summed E-state index contributed by atoms with van der Waals surface area (Å²) in [6, 6.07) is 5.56. The van der Waals surface area contributed by atoms with Crippen LogP contribution in [0.5, 0.6) is 5.75 Å². The highest BCUT2D eigenvalue weighted by Gasteiger charge is 2.16. The molecule has 0 unspecified atom stereocenters. The summed E-state index contributed by atoms with van der Waals surface area (Å²) in [7, 11) is 1.54. The molecule has 0 saturated carbocycles. The van der Waals surface area contributed by atoms with E-state index in [1.54, 1.807) is 13.2 Å². The van der Waals surface area contributed by atoms with Crippen molar-refractivity contribution in [3.05, 3.63) is 29.3 Å². The fraction of sp³-hybridized carbons (Fsp3) is 0.533. The highest BCUT2D eigenvalue weighted by atomic mass is 16.5. The molecule has 0 radical (unpaired) electrons. The van der Waals surface area contributed by atoms with Gasteiger partial charge in [-0.15, -0.1) is 0 Å². The van der Waals surface area contributed by atoms with E-state index in [1.165, 1.54) is 0 Å². The van der Waals surface area contributed by atoms with Gasteiger partial charge in [-0.2, -0.15) is 0 Å². The second kappa shape index (κ2) is 7.85. The molecule has 0 spiro atoms. The van der Waals surface area contributed by atoms with Gasteiger partial charge in [-0.3, -0.25) is 0 Å². The van der Waals surface area contributed by atoms with E-state index < -0.39 is 0 Å². The number of methoxy groups -OCH3 is 1. The van der Waals surface area contributed by atoms with Crippen LogP contribution >= 0.6 is 0 Å². The molecular weight excluding hydrogens is 270 g/mol. The number of hydrogen-bond donors (Lipinski definition) is 4. The van der Waals surface area contributed by atoms with E-state index in [2.05, 4.69) is 24.3 Å². The van der Waals surface area contributed by atoms with Gasteiger partial charge in [-0.25, -0.2) is 0 Å². The molecule has 6 nitrogen and oxygen atoms in total. The molecule has 0 atom stereocenters. The van der Waals surface area contributed by atoms with E-state index in [9.17, 15) is 0 Å². The third-order valence-corrected chi connectivity index (χ3v) is 3.37. The lowest BCUT2D eigenvalue weighted by molar-refractivity contribution is 0.207. The molecule has 1 rings (SSSR count). The summed E-state index contributed by atoms with van der Waals surface area (Å²) in [6.45, 7) is 5.84. The van der Waals surface area contributed by atoms with E-state index in [4.69, 9.17) is 20.8 Å². The number of nitrogens with one attached hydrogen (secondary N) is 1. The molecule has 0 saturated heterocycles. The molecule has 1 aromatic rings.